The fourth-order valence-electron chi connectivity index (χ4n) is 6.56. The van der Waals surface area contributed by atoms with Crippen molar-refractivity contribution in [2.45, 2.75) is 63.1 Å². The molecular formula is C29H29F2N5O2. The molecule has 1 aliphatic carbocycles. The summed E-state index contributed by atoms with van der Waals surface area (Å²) in [5.74, 6) is 0.838. The number of halogens is 2. The Balaban J connectivity index is 1.28. The van der Waals surface area contributed by atoms with Gasteiger partial charge in [0.1, 0.15) is 11.4 Å². The van der Waals surface area contributed by atoms with Gasteiger partial charge in [-0.25, -0.2) is 15.0 Å². The summed E-state index contributed by atoms with van der Waals surface area (Å²) in [6.45, 7) is 2.89. The third-order valence-electron chi connectivity index (χ3n) is 8.29. The Hall–Kier alpha value is -3.59. The molecule has 2 aliphatic heterocycles. The number of ether oxygens (including phenoxy) is 2. The Morgan fingerprint density at radius 1 is 1.00 bits per heavy atom. The van der Waals surface area contributed by atoms with Crippen LogP contribution >= 0.6 is 0 Å². The van der Waals surface area contributed by atoms with Gasteiger partial charge in [-0.2, -0.15) is 8.78 Å². The number of morpholine rings is 1. The smallest absolute Gasteiger partial charge is 0.387 e. The van der Waals surface area contributed by atoms with E-state index in [0.717, 1.165) is 72.1 Å². The zero-order valence-electron chi connectivity index (χ0n) is 21.3. The van der Waals surface area contributed by atoms with E-state index in [-0.39, 0.29) is 17.1 Å². The number of nitrogens with zero attached hydrogens (tertiary/aromatic N) is 5. The number of para-hydroxylation sites is 1. The molecule has 0 spiro atoms. The number of benzene rings is 1. The van der Waals surface area contributed by atoms with E-state index in [9.17, 15) is 8.78 Å². The summed E-state index contributed by atoms with van der Waals surface area (Å²) >= 11 is 0. The van der Waals surface area contributed by atoms with Crippen molar-refractivity contribution < 1.29 is 18.3 Å². The van der Waals surface area contributed by atoms with Gasteiger partial charge >= 0.3 is 6.61 Å². The summed E-state index contributed by atoms with van der Waals surface area (Å²) < 4.78 is 39.1. The third kappa shape index (κ3) is 3.74. The van der Waals surface area contributed by atoms with Gasteiger partial charge in [-0.05, 0) is 37.5 Å². The van der Waals surface area contributed by atoms with Crippen molar-refractivity contribution in [1.29, 1.82) is 0 Å². The van der Waals surface area contributed by atoms with E-state index in [1.165, 1.54) is 0 Å². The molecule has 1 aromatic carbocycles. The Bertz CT molecular complexity index is 1490. The molecule has 4 aromatic rings. The first kappa shape index (κ1) is 23.5. The van der Waals surface area contributed by atoms with E-state index in [2.05, 4.69) is 29.3 Å². The van der Waals surface area contributed by atoms with E-state index in [1.54, 1.807) is 12.1 Å². The maximum absolute atomic E-state index is 13.2. The molecule has 0 amide bonds. The second kappa shape index (κ2) is 8.73. The molecule has 0 N–H and O–H groups in total. The lowest BCUT2D eigenvalue weighted by atomic mass is 9.86. The number of fused-ring (bicyclic) bond motifs is 5. The van der Waals surface area contributed by atoms with Crippen LogP contribution in [0.2, 0.25) is 0 Å². The van der Waals surface area contributed by atoms with Crippen LogP contribution in [0, 0.1) is 0 Å². The van der Waals surface area contributed by atoms with Gasteiger partial charge in [-0.15, -0.1) is 0 Å². The summed E-state index contributed by atoms with van der Waals surface area (Å²) in [6.07, 6.45) is 8.79. The molecule has 2 fully saturated rings. The zero-order valence-corrected chi connectivity index (χ0v) is 21.3. The van der Waals surface area contributed by atoms with Crippen molar-refractivity contribution in [3.8, 4) is 16.9 Å². The summed E-state index contributed by atoms with van der Waals surface area (Å²) in [5, 5.41) is 0. The number of hydrogen-bond acceptors (Lipinski definition) is 6. The maximum atomic E-state index is 13.2. The second-order valence-corrected chi connectivity index (χ2v) is 11.2. The molecule has 3 aromatic heterocycles. The molecule has 7 rings (SSSR count). The van der Waals surface area contributed by atoms with Gasteiger partial charge in [0, 0.05) is 46.6 Å². The van der Waals surface area contributed by atoms with Crippen molar-refractivity contribution in [2.75, 3.05) is 18.1 Å². The Kier molecular flexibility index (Phi) is 5.40. The first-order valence-corrected chi connectivity index (χ1v) is 13.1. The van der Waals surface area contributed by atoms with Crippen LogP contribution < -0.4 is 9.64 Å². The number of rotatable bonds is 5. The monoisotopic (exact) mass is 517 g/mol. The SMILES string of the molecule is CC1(C)C[C@H](c2ccccc2OC(F)F)c2c1nc1ccc(-c3cnc(N4C5CCC4COC5)nc3)cn21. The minimum Gasteiger partial charge on any atom is -0.435 e. The van der Waals surface area contributed by atoms with E-state index < -0.39 is 6.61 Å². The molecule has 196 valence electrons. The van der Waals surface area contributed by atoms with Crippen LogP contribution in [0.3, 0.4) is 0 Å². The molecule has 9 heteroatoms. The van der Waals surface area contributed by atoms with Gasteiger partial charge in [-0.1, -0.05) is 32.0 Å². The highest BCUT2D eigenvalue weighted by Crippen LogP contribution is 2.50. The third-order valence-corrected chi connectivity index (χ3v) is 8.29. The molecule has 38 heavy (non-hydrogen) atoms. The van der Waals surface area contributed by atoms with Crippen molar-refractivity contribution in [2.24, 2.45) is 0 Å². The lowest BCUT2D eigenvalue weighted by Gasteiger charge is -2.34. The van der Waals surface area contributed by atoms with Crippen LogP contribution in [0.1, 0.15) is 56.0 Å². The lowest BCUT2D eigenvalue weighted by Crippen LogP contribution is -2.46. The second-order valence-electron chi connectivity index (χ2n) is 11.2. The van der Waals surface area contributed by atoms with Crippen LogP contribution in [0.25, 0.3) is 16.8 Å². The average molecular weight is 518 g/mol. The predicted octanol–water partition coefficient (Wildman–Crippen LogP) is 5.57. The lowest BCUT2D eigenvalue weighted by molar-refractivity contribution is -0.0505. The molecule has 3 aliphatic rings. The molecule has 2 unspecified atom stereocenters. The van der Waals surface area contributed by atoms with E-state index in [4.69, 9.17) is 24.4 Å². The Morgan fingerprint density at radius 2 is 1.74 bits per heavy atom. The summed E-state index contributed by atoms with van der Waals surface area (Å²) in [5.41, 5.74) is 5.24. The largest absolute Gasteiger partial charge is 0.435 e. The summed E-state index contributed by atoms with van der Waals surface area (Å²) in [7, 11) is 0. The minimum absolute atomic E-state index is 0.129. The standard InChI is InChI=1S/C29H29F2N5O2/c1-29(2)11-22(21-5-3-4-6-23(21)38-27(30)31)25-26(29)34-24-10-7-17(14-35(24)25)18-12-32-28(33-13-18)36-19-8-9-20(36)16-37-15-19/h3-7,10,12-14,19-20,22,27H,8-9,11,15-16H2,1-2H3/t19?,20?,22-/m1/s1. The topological polar surface area (TPSA) is 64.8 Å². The van der Waals surface area contributed by atoms with E-state index in [1.807, 2.05) is 36.7 Å². The first-order chi connectivity index (χ1) is 18.4. The Labute approximate surface area is 219 Å². The molecule has 2 bridgehead atoms. The van der Waals surface area contributed by atoms with Crippen molar-refractivity contribution in [3.05, 3.63) is 71.9 Å². The molecule has 3 atom stereocenters. The van der Waals surface area contributed by atoms with Crippen LogP contribution in [0.15, 0.2) is 55.0 Å². The Morgan fingerprint density at radius 3 is 2.47 bits per heavy atom. The van der Waals surface area contributed by atoms with Crippen molar-refractivity contribution in [1.82, 2.24) is 19.4 Å². The molecular weight excluding hydrogens is 488 g/mol. The number of imidazole rings is 1. The highest BCUT2D eigenvalue weighted by molar-refractivity contribution is 5.65. The van der Waals surface area contributed by atoms with Crippen molar-refractivity contribution in [3.63, 3.8) is 0 Å². The van der Waals surface area contributed by atoms with Crippen LogP contribution in [-0.2, 0) is 10.2 Å². The predicted molar refractivity (Wildman–Crippen MR) is 139 cm³/mol. The summed E-state index contributed by atoms with van der Waals surface area (Å²) in [6, 6.07) is 11.8. The van der Waals surface area contributed by atoms with Gasteiger partial charge in [0.2, 0.25) is 5.95 Å². The zero-order chi connectivity index (χ0) is 26.0. The van der Waals surface area contributed by atoms with Gasteiger partial charge in [0.25, 0.3) is 0 Å². The van der Waals surface area contributed by atoms with Crippen molar-refractivity contribution >= 4 is 11.6 Å². The van der Waals surface area contributed by atoms with Gasteiger partial charge in [0.15, 0.2) is 0 Å². The van der Waals surface area contributed by atoms with Gasteiger partial charge < -0.3 is 18.8 Å². The molecule has 2 saturated heterocycles. The quantitative estimate of drug-likeness (QED) is 0.345. The first-order valence-electron chi connectivity index (χ1n) is 13.1. The molecule has 0 saturated carbocycles. The number of pyridine rings is 1. The fraction of sp³-hybridized carbons (Fsp3) is 0.414. The number of aromatic nitrogens is 4. The fourth-order valence-corrected chi connectivity index (χ4v) is 6.56. The van der Waals surface area contributed by atoms with Crippen LogP contribution in [0.5, 0.6) is 5.75 Å². The summed E-state index contributed by atoms with van der Waals surface area (Å²) in [4.78, 5) is 16.7. The molecule has 0 radical (unpaired) electrons. The number of anilines is 1. The van der Waals surface area contributed by atoms with Gasteiger partial charge in [0.05, 0.1) is 36.7 Å². The normalized spacial score (nSPS) is 23.8. The van der Waals surface area contributed by atoms with E-state index in [0.29, 0.717) is 12.1 Å². The maximum Gasteiger partial charge on any atom is 0.387 e. The van der Waals surface area contributed by atoms with E-state index >= 15 is 0 Å². The van der Waals surface area contributed by atoms with Crippen LogP contribution in [-0.4, -0.2) is 51.3 Å². The van der Waals surface area contributed by atoms with Crippen LogP contribution in [0.4, 0.5) is 14.7 Å². The highest BCUT2D eigenvalue weighted by atomic mass is 19.3. The highest BCUT2D eigenvalue weighted by Gasteiger charge is 2.43. The number of hydrogen-bond donors (Lipinski definition) is 0. The minimum atomic E-state index is -2.88. The number of alkyl halides is 2. The molecule has 5 heterocycles. The molecule has 7 nitrogen and oxygen atoms in total. The average Bonchev–Trinajstić information content (AvgIpc) is 3.50. The van der Waals surface area contributed by atoms with Gasteiger partial charge in [-0.3, -0.25) is 0 Å².